The number of carbonyl (C=O) groups is 1. The van der Waals surface area contributed by atoms with Crippen molar-refractivity contribution >= 4 is 12.0 Å². The number of nitriles is 1. The van der Waals surface area contributed by atoms with Crippen LogP contribution < -0.4 is 4.74 Å². The lowest BCUT2D eigenvalue weighted by Crippen LogP contribution is -1.93. The van der Waals surface area contributed by atoms with Crippen LogP contribution >= 0.6 is 0 Å². The standard InChI is InChI=1S/C12H11NO3/c1-8-10(3-4-12(14)15)5-9(7-13)6-11(8)16-2/h3-6H,1-2H3,(H,14,15)/b4-3+. The van der Waals surface area contributed by atoms with Gasteiger partial charge in [-0.05, 0) is 36.3 Å². The summed E-state index contributed by atoms with van der Waals surface area (Å²) >= 11 is 0. The predicted molar refractivity (Wildman–Crippen MR) is 59.1 cm³/mol. The van der Waals surface area contributed by atoms with Gasteiger partial charge in [0.25, 0.3) is 0 Å². The van der Waals surface area contributed by atoms with Gasteiger partial charge in [0, 0.05) is 6.08 Å². The third kappa shape index (κ3) is 2.61. The van der Waals surface area contributed by atoms with E-state index in [0.29, 0.717) is 16.9 Å². The van der Waals surface area contributed by atoms with Gasteiger partial charge in [-0.15, -0.1) is 0 Å². The zero-order valence-electron chi connectivity index (χ0n) is 9.02. The first-order valence-electron chi connectivity index (χ1n) is 4.58. The fraction of sp³-hybridized carbons (Fsp3) is 0.167. The number of aliphatic carboxylic acids is 1. The number of carboxylic acid groups (broad SMARTS) is 1. The first kappa shape index (κ1) is 11.8. The number of hydrogen-bond donors (Lipinski definition) is 1. The van der Waals surface area contributed by atoms with Crippen LogP contribution in [0.2, 0.25) is 0 Å². The Labute approximate surface area is 93.4 Å². The van der Waals surface area contributed by atoms with Crippen molar-refractivity contribution < 1.29 is 14.6 Å². The van der Waals surface area contributed by atoms with Crippen molar-refractivity contribution in [3.63, 3.8) is 0 Å². The number of hydrogen-bond acceptors (Lipinski definition) is 3. The molecule has 0 atom stereocenters. The quantitative estimate of drug-likeness (QED) is 0.786. The van der Waals surface area contributed by atoms with Crippen LogP contribution in [0.25, 0.3) is 6.08 Å². The first-order valence-corrected chi connectivity index (χ1v) is 4.58. The summed E-state index contributed by atoms with van der Waals surface area (Å²) in [4.78, 5) is 10.4. The number of ether oxygens (including phenoxy) is 1. The molecule has 1 aromatic carbocycles. The van der Waals surface area contributed by atoms with E-state index in [9.17, 15) is 4.79 Å². The third-order valence-corrected chi connectivity index (χ3v) is 2.15. The van der Waals surface area contributed by atoms with E-state index in [-0.39, 0.29) is 0 Å². The SMILES string of the molecule is COc1cc(C#N)cc(/C=C/C(=O)O)c1C. The van der Waals surface area contributed by atoms with Crippen molar-refractivity contribution in [3.8, 4) is 11.8 Å². The zero-order chi connectivity index (χ0) is 12.1. The van der Waals surface area contributed by atoms with E-state index in [4.69, 9.17) is 15.1 Å². The maximum atomic E-state index is 10.4. The summed E-state index contributed by atoms with van der Waals surface area (Å²) < 4.78 is 5.10. The van der Waals surface area contributed by atoms with Gasteiger partial charge in [-0.3, -0.25) is 0 Å². The second-order valence-corrected chi connectivity index (χ2v) is 3.18. The molecular weight excluding hydrogens is 206 g/mol. The van der Waals surface area contributed by atoms with Crippen LogP contribution in [0.5, 0.6) is 5.75 Å². The normalized spacial score (nSPS) is 10.1. The van der Waals surface area contributed by atoms with Gasteiger partial charge in [-0.1, -0.05) is 0 Å². The number of methoxy groups -OCH3 is 1. The molecule has 0 radical (unpaired) electrons. The van der Waals surface area contributed by atoms with Crippen LogP contribution in [0.4, 0.5) is 0 Å². The van der Waals surface area contributed by atoms with E-state index in [1.54, 1.807) is 12.1 Å². The van der Waals surface area contributed by atoms with E-state index >= 15 is 0 Å². The minimum atomic E-state index is -1.03. The van der Waals surface area contributed by atoms with Gasteiger partial charge in [0.05, 0.1) is 18.7 Å². The molecule has 4 nitrogen and oxygen atoms in total. The highest BCUT2D eigenvalue weighted by atomic mass is 16.5. The van der Waals surface area contributed by atoms with Crippen molar-refractivity contribution in [3.05, 3.63) is 34.9 Å². The Hall–Kier alpha value is -2.28. The highest BCUT2D eigenvalue weighted by molar-refractivity contribution is 5.85. The molecule has 1 rings (SSSR count). The maximum absolute atomic E-state index is 10.4. The highest BCUT2D eigenvalue weighted by Crippen LogP contribution is 2.24. The largest absolute Gasteiger partial charge is 0.496 e. The molecule has 0 spiro atoms. The first-order chi connectivity index (χ1) is 7.58. The number of rotatable bonds is 3. The summed E-state index contributed by atoms with van der Waals surface area (Å²) in [5.74, 6) is -0.454. The summed E-state index contributed by atoms with van der Waals surface area (Å²) in [5.41, 5.74) is 1.91. The number of benzene rings is 1. The molecule has 4 heteroatoms. The zero-order valence-corrected chi connectivity index (χ0v) is 9.02. The number of nitrogens with zero attached hydrogens (tertiary/aromatic N) is 1. The van der Waals surface area contributed by atoms with Crippen molar-refractivity contribution in [2.45, 2.75) is 6.92 Å². The Kier molecular flexibility index (Phi) is 3.67. The van der Waals surface area contributed by atoms with Crippen molar-refractivity contribution in [2.75, 3.05) is 7.11 Å². The Morgan fingerprint density at radius 2 is 2.25 bits per heavy atom. The van der Waals surface area contributed by atoms with Crippen molar-refractivity contribution in [2.24, 2.45) is 0 Å². The lowest BCUT2D eigenvalue weighted by molar-refractivity contribution is -0.131. The molecule has 0 aromatic heterocycles. The molecule has 0 amide bonds. The second-order valence-electron chi connectivity index (χ2n) is 3.18. The van der Waals surface area contributed by atoms with E-state index in [1.807, 2.05) is 13.0 Å². The molecule has 0 saturated carbocycles. The predicted octanol–water partition coefficient (Wildman–Crippen LogP) is 1.97. The summed E-state index contributed by atoms with van der Waals surface area (Å²) in [7, 11) is 1.51. The Bertz CT molecular complexity index is 484. The molecule has 0 bridgehead atoms. The molecule has 82 valence electrons. The van der Waals surface area contributed by atoms with Crippen LogP contribution in [0.1, 0.15) is 16.7 Å². The van der Waals surface area contributed by atoms with Crippen LogP contribution in [-0.2, 0) is 4.79 Å². The Morgan fingerprint density at radius 1 is 1.56 bits per heavy atom. The maximum Gasteiger partial charge on any atom is 0.328 e. The van der Waals surface area contributed by atoms with Crippen LogP contribution in [0.15, 0.2) is 18.2 Å². The molecule has 0 heterocycles. The summed E-state index contributed by atoms with van der Waals surface area (Å²) in [5, 5.41) is 17.3. The van der Waals surface area contributed by atoms with Gasteiger partial charge >= 0.3 is 5.97 Å². The van der Waals surface area contributed by atoms with Crippen LogP contribution in [-0.4, -0.2) is 18.2 Å². The topological polar surface area (TPSA) is 70.3 Å². The van der Waals surface area contributed by atoms with E-state index in [2.05, 4.69) is 0 Å². The molecule has 0 fully saturated rings. The van der Waals surface area contributed by atoms with E-state index in [0.717, 1.165) is 11.6 Å². The monoisotopic (exact) mass is 217 g/mol. The molecule has 1 N–H and O–H groups in total. The van der Waals surface area contributed by atoms with Gasteiger partial charge in [-0.25, -0.2) is 4.79 Å². The lowest BCUT2D eigenvalue weighted by Gasteiger charge is -2.08. The second kappa shape index (κ2) is 4.99. The molecule has 0 saturated heterocycles. The van der Waals surface area contributed by atoms with E-state index in [1.165, 1.54) is 13.2 Å². The summed E-state index contributed by atoms with van der Waals surface area (Å²) in [6.07, 6.45) is 2.48. The molecule has 0 aliphatic carbocycles. The Balaban J connectivity index is 3.27. The van der Waals surface area contributed by atoms with Gasteiger partial charge in [0.2, 0.25) is 0 Å². The van der Waals surface area contributed by atoms with Crippen molar-refractivity contribution in [1.29, 1.82) is 5.26 Å². The van der Waals surface area contributed by atoms with E-state index < -0.39 is 5.97 Å². The fourth-order valence-electron chi connectivity index (χ4n) is 1.32. The van der Waals surface area contributed by atoms with Crippen molar-refractivity contribution in [1.82, 2.24) is 0 Å². The molecule has 0 aliphatic heterocycles. The average Bonchev–Trinajstić information content (AvgIpc) is 2.27. The third-order valence-electron chi connectivity index (χ3n) is 2.15. The lowest BCUT2D eigenvalue weighted by atomic mass is 10.0. The fourth-order valence-corrected chi connectivity index (χ4v) is 1.32. The molecule has 0 aliphatic rings. The molecular formula is C12H11NO3. The number of carboxylic acids is 1. The van der Waals surface area contributed by atoms with Gasteiger partial charge < -0.3 is 9.84 Å². The smallest absolute Gasteiger partial charge is 0.328 e. The van der Waals surface area contributed by atoms with Gasteiger partial charge in [0.1, 0.15) is 5.75 Å². The summed E-state index contributed by atoms with van der Waals surface area (Å²) in [6.45, 7) is 1.81. The summed E-state index contributed by atoms with van der Waals surface area (Å²) in [6, 6.07) is 5.24. The van der Waals surface area contributed by atoms with Crippen LogP contribution in [0.3, 0.4) is 0 Å². The minimum absolute atomic E-state index is 0.437. The van der Waals surface area contributed by atoms with Gasteiger partial charge in [0.15, 0.2) is 0 Å². The van der Waals surface area contributed by atoms with Gasteiger partial charge in [-0.2, -0.15) is 5.26 Å². The average molecular weight is 217 g/mol. The molecule has 0 unspecified atom stereocenters. The minimum Gasteiger partial charge on any atom is -0.496 e. The Morgan fingerprint density at radius 3 is 2.75 bits per heavy atom. The molecule has 1 aromatic rings. The van der Waals surface area contributed by atoms with Crippen LogP contribution in [0, 0.1) is 18.3 Å². The highest BCUT2D eigenvalue weighted by Gasteiger charge is 2.05. The molecule has 16 heavy (non-hydrogen) atoms.